The molecule has 1 heteroatoms. The van der Waals surface area contributed by atoms with Crippen LogP contribution in [-0.2, 0) is 0 Å². The summed E-state index contributed by atoms with van der Waals surface area (Å²) >= 11 is 0. The predicted molar refractivity (Wildman–Crippen MR) is 60.0 cm³/mol. The first-order valence-corrected chi connectivity index (χ1v) is 4.98. The fraction of sp³-hybridized carbons (Fsp3) is 0.308. The van der Waals surface area contributed by atoms with Gasteiger partial charge in [-0.1, -0.05) is 31.2 Å². The van der Waals surface area contributed by atoms with E-state index in [2.05, 4.69) is 43.6 Å². The normalized spacial score (nSPS) is 24.4. The van der Waals surface area contributed by atoms with E-state index in [1.54, 1.807) is 0 Å². The minimum atomic E-state index is 0.434. The van der Waals surface area contributed by atoms with Gasteiger partial charge in [0, 0.05) is 12.1 Å². The summed E-state index contributed by atoms with van der Waals surface area (Å²) < 4.78 is 0. The predicted octanol–water partition coefficient (Wildman–Crippen LogP) is 3.40. The van der Waals surface area contributed by atoms with Gasteiger partial charge in [0.25, 0.3) is 0 Å². The maximum absolute atomic E-state index is 4.36. The fourth-order valence-corrected chi connectivity index (χ4v) is 2.18. The Morgan fingerprint density at radius 1 is 1.50 bits per heavy atom. The van der Waals surface area contributed by atoms with E-state index in [1.807, 2.05) is 12.3 Å². The van der Waals surface area contributed by atoms with Crippen LogP contribution in [0.2, 0.25) is 0 Å². The smallest absolute Gasteiger partial charge is 0.0664 e. The molecule has 2 unspecified atom stereocenters. The van der Waals surface area contributed by atoms with Crippen molar-refractivity contribution in [3.8, 4) is 0 Å². The Labute approximate surface area is 85.2 Å². The third kappa shape index (κ3) is 1.39. The molecule has 1 aliphatic rings. The zero-order valence-corrected chi connectivity index (χ0v) is 8.70. The highest BCUT2D eigenvalue weighted by Crippen LogP contribution is 2.37. The molecule has 1 aliphatic carbocycles. The van der Waals surface area contributed by atoms with Gasteiger partial charge in [-0.2, -0.15) is 0 Å². The number of fused-ring (bicyclic) bond motifs is 1. The Morgan fingerprint density at radius 3 is 3.00 bits per heavy atom. The van der Waals surface area contributed by atoms with Crippen molar-refractivity contribution in [2.24, 2.45) is 5.92 Å². The molecule has 0 aromatic carbocycles. The molecule has 2 rings (SSSR count). The summed E-state index contributed by atoms with van der Waals surface area (Å²) in [7, 11) is 0. The van der Waals surface area contributed by atoms with Gasteiger partial charge in [-0.3, -0.25) is 4.98 Å². The number of hydrogen-bond donors (Lipinski definition) is 0. The van der Waals surface area contributed by atoms with Crippen LogP contribution in [0.5, 0.6) is 0 Å². The lowest BCUT2D eigenvalue weighted by Crippen LogP contribution is -2.14. The molecule has 1 aromatic rings. The van der Waals surface area contributed by atoms with E-state index in [1.165, 1.54) is 11.1 Å². The lowest BCUT2D eigenvalue weighted by Gasteiger charge is -2.26. The van der Waals surface area contributed by atoms with Crippen LogP contribution in [0.1, 0.15) is 31.0 Å². The van der Waals surface area contributed by atoms with Crippen molar-refractivity contribution in [1.82, 2.24) is 4.98 Å². The van der Waals surface area contributed by atoms with Gasteiger partial charge in [0.1, 0.15) is 0 Å². The molecule has 72 valence electrons. The van der Waals surface area contributed by atoms with Crippen molar-refractivity contribution in [2.75, 3.05) is 0 Å². The molecule has 1 aromatic heterocycles. The van der Waals surface area contributed by atoms with E-state index in [4.69, 9.17) is 0 Å². The summed E-state index contributed by atoms with van der Waals surface area (Å²) in [5.74, 6) is 0.966. The number of rotatable bonds is 1. The summed E-state index contributed by atoms with van der Waals surface area (Å²) in [5, 5.41) is 0. The molecular formula is C13H15N. The highest BCUT2D eigenvalue weighted by Gasteiger charge is 2.23. The van der Waals surface area contributed by atoms with Gasteiger partial charge in [-0.05, 0) is 30.5 Å². The second-order valence-electron chi connectivity index (χ2n) is 4.02. The third-order valence-corrected chi connectivity index (χ3v) is 2.82. The average molecular weight is 185 g/mol. The van der Waals surface area contributed by atoms with Crippen molar-refractivity contribution < 1.29 is 0 Å². The highest BCUT2D eigenvalue weighted by molar-refractivity contribution is 5.56. The van der Waals surface area contributed by atoms with Crippen LogP contribution in [-0.4, -0.2) is 4.98 Å². The standard InChI is InChI=1S/C13H15N/c1-9(2)13-10(3)6-7-12-11(13)5-4-8-14-12/h4-8,10,13H,1H2,2-3H3. The van der Waals surface area contributed by atoms with Crippen LogP contribution in [0, 0.1) is 5.92 Å². The summed E-state index contributed by atoms with van der Waals surface area (Å²) in [5.41, 5.74) is 3.63. The minimum absolute atomic E-state index is 0.434. The monoisotopic (exact) mass is 185 g/mol. The SMILES string of the molecule is C=C(C)C1c2cccnc2C=CC1C. The lowest BCUT2D eigenvalue weighted by atomic mass is 9.78. The molecule has 2 atom stereocenters. The molecule has 0 fully saturated rings. The van der Waals surface area contributed by atoms with Crippen LogP contribution in [0.15, 0.2) is 36.6 Å². The molecule has 0 saturated heterocycles. The quantitative estimate of drug-likeness (QED) is 0.611. The Bertz CT molecular complexity index is 390. The zero-order chi connectivity index (χ0) is 10.1. The first kappa shape index (κ1) is 9.20. The van der Waals surface area contributed by atoms with Gasteiger partial charge < -0.3 is 0 Å². The van der Waals surface area contributed by atoms with E-state index in [9.17, 15) is 0 Å². The van der Waals surface area contributed by atoms with Crippen molar-refractivity contribution >= 4 is 6.08 Å². The second kappa shape index (κ2) is 3.41. The first-order valence-electron chi connectivity index (χ1n) is 4.98. The number of nitrogens with zero attached hydrogens (tertiary/aromatic N) is 1. The minimum Gasteiger partial charge on any atom is -0.257 e. The molecular weight excluding hydrogens is 170 g/mol. The summed E-state index contributed by atoms with van der Waals surface area (Å²) in [6.45, 7) is 8.39. The molecule has 0 saturated carbocycles. The highest BCUT2D eigenvalue weighted by atomic mass is 14.7. The van der Waals surface area contributed by atoms with E-state index in [0.717, 1.165) is 5.69 Å². The van der Waals surface area contributed by atoms with Gasteiger partial charge in [0.2, 0.25) is 0 Å². The Balaban J connectivity index is 2.53. The molecule has 0 radical (unpaired) electrons. The van der Waals surface area contributed by atoms with E-state index in [0.29, 0.717) is 11.8 Å². The molecule has 0 bridgehead atoms. The van der Waals surface area contributed by atoms with Crippen molar-refractivity contribution in [3.05, 3.63) is 47.8 Å². The molecule has 1 nitrogen and oxygen atoms in total. The van der Waals surface area contributed by atoms with Gasteiger partial charge >= 0.3 is 0 Å². The van der Waals surface area contributed by atoms with Crippen LogP contribution in [0.25, 0.3) is 6.08 Å². The Hall–Kier alpha value is -1.37. The van der Waals surface area contributed by atoms with E-state index >= 15 is 0 Å². The van der Waals surface area contributed by atoms with Crippen LogP contribution in [0.3, 0.4) is 0 Å². The third-order valence-electron chi connectivity index (χ3n) is 2.82. The number of hydrogen-bond acceptors (Lipinski definition) is 1. The fourth-order valence-electron chi connectivity index (χ4n) is 2.18. The van der Waals surface area contributed by atoms with Gasteiger partial charge in [-0.15, -0.1) is 0 Å². The Morgan fingerprint density at radius 2 is 2.29 bits per heavy atom. The van der Waals surface area contributed by atoms with Gasteiger partial charge in [0.15, 0.2) is 0 Å². The topological polar surface area (TPSA) is 12.9 Å². The van der Waals surface area contributed by atoms with E-state index < -0.39 is 0 Å². The van der Waals surface area contributed by atoms with Crippen molar-refractivity contribution in [3.63, 3.8) is 0 Å². The molecule has 0 amide bonds. The van der Waals surface area contributed by atoms with E-state index in [-0.39, 0.29) is 0 Å². The lowest BCUT2D eigenvalue weighted by molar-refractivity contribution is 0.606. The molecule has 14 heavy (non-hydrogen) atoms. The maximum atomic E-state index is 4.36. The summed E-state index contributed by atoms with van der Waals surface area (Å²) in [6.07, 6.45) is 6.17. The zero-order valence-electron chi connectivity index (χ0n) is 8.70. The van der Waals surface area contributed by atoms with Gasteiger partial charge in [0.05, 0.1) is 5.69 Å². The second-order valence-corrected chi connectivity index (χ2v) is 4.02. The first-order chi connectivity index (χ1) is 6.70. The molecule has 0 N–H and O–H groups in total. The summed E-state index contributed by atoms with van der Waals surface area (Å²) in [6, 6.07) is 4.16. The number of aromatic nitrogens is 1. The maximum Gasteiger partial charge on any atom is 0.0664 e. The molecule has 0 spiro atoms. The van der Waals surface area contributed by atoms with Crippen molar-refractivity contribution in [1.29, 1.82) is 0 Å². The average Bonchev–Trinajstić information content (AvgIpc) is 2.17. The van der Waals surface area contributed by atoms with Crippen molar-refractivity contribution in [2.45, 2.75) is 19.8 Å². The van der Waals surface area contributed by atoms with Gasteiger partial charge in [-0.25, -0.2) is 0 Å². The number of pyridine rings is 1. The van der Waals surface area contributed by atoms with Crippen LogP contribution < -0.4 is 0 Å². The summed E-state index contributed by atoms with van der Waals surface area (Å²) in [4.78, 5) is 4.36. The van der Waals surface area contributed by atoms with Crippen LogP contribution in [0.4, 0.5) is 0 Å². The molecule has 1 heterocycles. The largest absolute Gasteiger partial charge is 0.257 e. The Kier molecular flexibility index (Phi) is 2.24. The van der Waals surface area contributed by atoms with Crippen LogP contribution >= 0.6 is 0 Å². The molecule has 0 aliphatic heterocycles. The number of allylic oxidation sites excluding steroid dienone is 2.